The molecule has 8 nitrogen and oxygen atoms in total. The molecule has 1 amide bonds. The molecule has 6 rings (SSSR count). The van der Waals surface area contributed by atoms with E-state index in [1.54, 1.807) is 11.0 Å². The minimum atomic E-state index is -0.880. The van der Waals surface area contributed by atoms with E-state index in [4.69, 9.17) is 26.1 Å². The van der Waals surface area contributed by atoms with Crippen molar-refractivity contribution in [1.82, 2.24) is 19.8 Å². The van der Waals surface area contributed by atoms with Crippen LogP contribution >= 0.6 is 27.5 Å². The van der Waals surface area contributed by atoms with Crippen molar-refractivity contribution < 1.29 is 23.0 Å². The van der Waals surface area contributed by atoms with E-state index in [-0.39, 0.29) is 51.3 Å². The third-order valence-electron chi connectivity index (χ3n) is 8.40. The predicted molar refractivity (Wildman–Crippen MR) is 148 cm³/mol. The van der Waals surface area contributed by atoms with E-state index in [2.05, 4.69) is 30.7 Å². The molecule has 0 N–H and O–H groups in total. The Kier molecular flexibility index (Phi) is 6.86. The fraction of sp³-hybridized carbons (Fsp3) is 0.667. The topological polar surface area (TPSA) is 71.0 Å². The Morgan fingerprint density at radius 1 is 1.23 bits per heavy atom. The van der Waals surface area contributed by atoms with Crippen LogP contribution in [-0.4, -0.2) is 88.0 Å². The van der Waals surface area contributed by atoms with Crippen LogP contribution in [0, 0.1) is 5.82 Å². The highest BCUT2D eigenvalue weighted by Crippen LogP contribution is 2.43. The number of halogens is 4. The minimum absolute atomic E-state index is 0.0289. The van der Waals surface area contributed by atoms with Crippen molar-refractivity contribution in [3.8, 4) is 6.01 Å². The lowest BCUT2D eigenvalue weighted by molar-refractivity contribution is 0.0209. The fourth-order valence-electron chi connectivity index (χ4n) is 6.77. The quantitative estimate of drug-likeness (QED) is 0.401. The van der Waals surface area contributed by atoms with Gasteiger partial charge in [0.05, 0.1) is 15.0 Å². The lowest BCUT2D eigenvalue weighted by Gasteiger charge is -2.42. The van der Waals surface area contributed by atoms with Crippen LogP contribution in [0.25, 0.3) is 10.9 Å². The number of anilines is 1. The summed E-state index contributed by atoms with van der Waals surface area (Å²) in [6.07, 6.45) is 2.75. The van der Waals surface area contributed by atoms with E-state index in [1.165, 1.54) is 0 Å². The smallest absolute Gasteiger partial charge is 0.410 e. The second kappa shape index (κ2) is 9.83. The molecule has 1 aromatic heterocycles. The Bertz CT molecular complexity index is 1300. The molecule has 212 valence electrons. The second-order valence-electron chi connectivity index (χ2n) is 12.3. The van der Waals surface area contributed by atoms with Gasteiger partial charge in [0.2, 0.25) is 0 Å². The summed E-state index contributed by atoms with van der Waals surface area (Å²) in [4.78, 5) is 28.2. The predicted octanol–water partition coefficient (Wildman–Crippen LogP) is 5.73. The van der Waals surface area contributed by atoms with E-state index < -0.39 is 17.6 Å². The Balaban J connectivity index is 1.34. The number of hydrogen-bond acceptors (Lipinski definition) is 7. The van der Waals surface area contributed by atoms with Gasteiger partial charge in [-0.25, -0.2) is 13.6 Å². The minimum Gasteiger partial charge on any atom is -0.461 e. The molecule has 1 aromatic carbocycles. The number of rotatable bonds is 4. The first-order valence-electron chi connectivity index (χ1n) is 13.6. The molecule has 2 aromatic rings. The third-order valence-corrected chi connectivity index (χ3v) is 9.70. The lowest BCUT2D eigenvalue weighted by Crippen LogP contribution is -2.56. The van der Waals surface area contributed by atoms with Gasteiger partial charge in [-0.15, -0.1) is 0 Å². The van der Waals surface area contributed by atoms with Gasteiger partial charge in [-0.05, 0) is 75.0 Å². The van der Waals surface area contributed by atoms with Gasteiger partial charge in [-0.1, -0.05) is 11.6 Å². The molecule has 5 heterocycles. The van der Waals surface area contributed by atoms with Crippen LogP contribution < -0.4 is 9.64 Å². The van der Waals surface area contributed by atoms with Crippen molar-refractivity contribution in [1.29, 1.82) is 0 Å². The van der Waals surface area contributed by atoms with E-state index >= 15 is 4.39 Å². The summed E-state index contributed by atoms with van der Waals surface area (Å²) >= 11 is 9.61. The van der Waals surface area contributed by atoms with Gasteiger partial charge in [0.25, 0.3) is 0 Å². The van der Waals surface area contributed by atoms with Gasteiger partial charge >= 0.3 is 12.1 Å². The number of hydrogen-bond donors (Lipinski definition) is 0. The number of amides is 1. The molecule has 4 atom stereocenters. The summed E-state index contributed by atoms with van der Waals surface area (Å²) in [6, 6.07) is 1.67. The maximum Gasteiger partial charge on any atom is 0.410 e. The maximum absolute atomic E-state index is 15.5. The number of nitrogens with zero attached hydrogens (tertiary/aromatic N) is 5. The number of benzene rings is 1. The van der Waals surface area contributed by atoms with E-state index in [9.17, 15) is 9.18 Å². The zero-order valence-corrected chi connectivity index (χ0v) is 24.7. The Hall–Kier alpha value is -1.98. The first-order valence-corrected chi connectivity index (χ1v) is 14.7. The standard InChI is InChI=1S/C27H33BrClF2N5O3/c1-26(2,3)39-25(37)34-12-16-5-6-17(13-34)36(16)23-18-9-19(29)20(28)21(31)22(18)32-24(33-23)38-14-27-7-4-8-35(27)11-15(30)10-27/h9,15-17H,4-8,10-14H2,1-3H3/t15-,16?,17?,27+/m1/s1. The first kappa shape index (κ1) is 27.2. The summed E-state index contributed by atoms with van der Waals surface area (Å²) in [5, 5.41) is 0.708. The van der Waals surface area contributed by atoms with Crippen LogP contribution in [0.5, 0.6) is 6.01 Å². The molecule has 4 aliphatic rings. The molecule has 39 heavy (non-hydrogen) atoms. The highest BCUT2D eigenvalue weighted by molar-refractivity contribution is 9.10. The highest BCUT2D eigenvalue weighted by atomic mass is 79.9. The van der Waals surface area contributed by atoms with Gasteiger partial charge < -0.3 is 19.3 Å². The molecule has 2 bridgehead atoms. The summed E-state index contributed by atoms with van der Waals surface area (Å²) < 4.78 is 41.7. The van der Waals surface area contributed by atoms with Gasteiger partial charge in [-0.2, -0.15) is 9.97 Å². The van der Waals surface area contributed by atoms with Crippen LogP contribution in [0.15, 0.2) is 10.5 Å². The number of likely N-dealkylation sites (tertiary alicyclic amines) is 1. The van der Waals surface area contributed by atoms with Crippen molar-refractivity contribution in [3.05, 3.63) is 21.4 Å². The SMILES string of the molecule is CC(C)(C)OC(=O)N1CC2CCC(C1)N2c1nc(OC[C@@]23CCCN2C[C@H](F)C3)nc2c(F)c(Br)c(Cl)cc12. The highest BCUT2D eigenvalue weighted by Gasteiger charge is 2.50. The molecular weight excluding hydrogens is 596 g/mol. The number of carbonyl (C=O) groups is 1. The van der Waals surface area contributed by atoms with Gasteiger partial charge in [-0.3, -0.25) is 4.90 Å². The molecule has 2 unspecified atom stereocenters. The first-order chi connectivity index (χ1) is 18.4. The molecule has 0 radical (unpaired) electrons. The Morgan fingerprint density at radius 3 is 2.64 bits per heavy atom. The Labute approximate surface area is 240 Å². The number of ether oxygens (including phenoxy) is 2. The van der Waals surface area contributed by atoms with Gasteiger partial charge in [0.1, 0.15) is 29.7 Å². The molecule has 4 aliphatic heterocycles. The summed E-state index contributed by atoms with van der Waals surface area (Å²) in [6.45, 7) is 8.00. The van der Waals surface area contributed by atoms with Gasteiger partial charge in [0, 0.05) is 43.5 Å². The average Bonchev–Trinajstić information content (AvgIpc) is 3.47. The molecular formula is C27H33BrClF2N5O3. The fourth-order valence-corrected chi connectivity index (χ4v) is 7.26. The normalized spacial score (nSPS) is 28.8. The van der Waals surface area contributed by atoms with E-state index in [0.29, 0.717) is 37.3 Å². The van der Waals surface area contributed by atoms with Gasteiger partial charge in [0.15, 0.2) is 5.82 Å². The number of alkyl halides is 1. The molecule has 4 fully saturated rings. The summed E-state index contributed by atoms with van der Waals surface area (Å²) in [5.41, 5.74) is -0.856. The molecule has 12 heteroatoms. The van der Waals surface area contributed by atoms with Crippen molar-refractivity contribution in [2.24, 2.45) is 0 Å². The number of aromatic nitrogens is 2. The van der Waals surface area contributed by atoms with Crippen LogP contribution in [0.2, 0.25) is 5.02 Å². The molecule has 0 spiro atoms. The van der Waals surface area contributed by atoms with E-state index in [0.717, 1.165) is 32.2 Å². The van der Waals surface area contributed by atoms with Crippen LogP contribution in [0.4, 0.5) is 19.4 Å². The molecule has 4 saturated heterocycles. The monoisotopic (exact) mass is 627 g/mol. The van der Waals surface area contributed by atoms with Crippen molar-refractivity contribution in [2.75, 3.05) is 37.7 Å². The van der Waals surface area contributed by atoms with Crippen LogP contribution in [0.1, 0.15) is 52.9 Å². The van der Waals surface area contributed by atoms with E-state index in [1.807, 2.05) is 20.8 Å². The molecule has 0 saturated carbocycles. The number of carbonyl (C=O) groups excluding carboxylic acids is 1. The molecule has 0 aliphatic carbocycles. The second-order valence-corrected chi connectivity index (χ2v) is 13.5. The largest absolute Gasteiger partial charge is 0.461 e. The Morgan fingerprint density at radius 2 is 1.95 bits per heavy atom. The number of fused-ring (bicyclic) bond motifs is 4. The zero-order valence-electron chi connectivity index (χ0n) is 22.4. The van der Waals surface area contributed by atoms with Crippen molar-refractivity contribution >= 4 is 50.3 Å². The van der Waals surface area contributed by atoms with Crippen LogP contribution in [0.3, 0.4) is 0 Å². The van der Waals surface area contributed by atoms with Crippen molar-refractivity contribution in [2.45, 2.75) is 82.3 Å². The maximum atomic E-state index is 15.5. The summed E-state index contributed by atoms with van der Waals surface area (Å²) in [5.74, 6) is -0.0497. The van der Waals surface area contributed by atoms with Crippen LogP contribution in [-0.2, 0) is 4.74 Å². The summed E-state index contributed by atoms with van der Waals surface area (Å²) in [7, 11) is 0. The third kappa shape index (κ3) is 4.92. The van der Waals surface area contributed by atoms with Crippen molar-refractivity contribution in [3.63, 3.8) is 0 Å². The number of piperazine rings is 1. The lowest BCUT2D eigenvalue weighted by atomic mass is 9.95. The average molecular weight is 629 g/mol. The zero-order chi connectivity index (χ0) is 27.7.